The molecule has 5 rings (SSSR count). The summed E-state index contributed by atoms with van der Waals surface area (Å²) >= 11 is 0. The summed E-state index contributed by atoms with van der Waals surface area (Å²) in [6.45, 7) is 1.83. The molecule has 0 aliphatic heterocycles. The molecule has 1 heterocycles. The van der Waals surface area contributed by atoms with Crippen LogP contribution in [0.15, 0.2) is 54.6 Å². The van der Waals surface area contributed by atoms with Crippen LogP contribution in [0, 0.1) is 11.6 Å². The van der Waals surface area contributed by atoms with Gasteiger partial charge in [0.25, 0.3) is 0 Å². The van der Waals surface area contributed by atoms with Crippen LogP contribution in [0.5, 0.6) is 0 Å². The van der Waals surface area contributed by atoms with Crippen LogP contribution in [0.25, 0.3) is 21.8 Å². The summed E-state index contributed by atoms with van der Waals surface area (Å²) in [5, 5.41) is 4.36. The molecule has 4 N–H and O–H groups in total. The van der Waals surface area contributed by atoms with Gasteiger partial charge < -0.3 is 16.0 Å². The summed E-state index contributed by atoms with van der Waals surface area (Å²) in [5.41, 5.74) is 9.81. The average molecular weight is 442 g/mol. The molecule has 1 aliphatic carbocycles. The van der Waals surface area contributed by atoms with Crippen LogP contribution in [0.2, 0.25) is 0 Å². The van der Waals surface area contributed by atoms with E-state index in [4.69, 9.17) is 5.73 Å². The maximum absolute atomic E-state index is 13.6. The highest BCUT2D eigenvalue weighted by Crippen LogP contribution is 2.43. The van der Waals surface area contributed by atoms with Crippen LogP contribution >= 0.6 is 12.4 Å². The van der Waals surface area contributed by atoms with Crippen LogP contribution in [0.4, 0.5) is 14.5 Å². The van der Waals surface area contributed by atoms with Crippen molar-refractivity contribution in [3.63, 3.8) is 0 Å². The highest BCUT2D eigenvalue weighted by atomic mass is 35.5. The van der Waals surface area contributed by atoms with Crippen LogP contribution in [-0.2, 0) is 10.3 Å². The number of halogens is 3. The molecule has 0 spiro atoms. The van der Waals surface area contributed by atoms with Crippen molar-refractivity contribution in [1.82, 2.24) is 4.98 Å². The van der Waals surface area contributed by atoms with Gasteiger partial charge in [-0.2, -0.15) is 0 Å². The maximum Gasteiger partial charge on any atom is 0.231 e. The second-order valence-electron chi connectivity index (χ2n) is 8.19. The third-order valence-corrected chi connectivity index (χ3v) is 6.05. The number of H-pyrrole nitrogens is 1. The topological polar surface area (TPSA) is 70.9 Å². The van der Waals surface area contributed by atoms with Crippen LogP contribution < -0.4 is 11.1 Å². The average Bonchev–Trinajstić information content (AvgIpc) is 3.40. The molecule has 4 aromatic rings. The summed E-state index contributed by atoms with van der Waals surface area (Å²) in [5.74, 6) is -2.32. The Balaban J connectivity index is 0.00000231. The Hall–Kier alpha value is -2.96. The molecule has 1 aliphatic rings. The standard InChI is InChI=1S/C24H21F2N3O.ClH/c1-13(23(30)28-16-4-2-3-15(10-16)24(27)7-8-24)14-5-6-17-18-11-19(25)20(26)12-22(18)29-21(17)9-14;/h2-6,9-13,29H,7-8,27H2,1H3,(H,28,30);1H. The van der Waals surface area contributed by atoms with Crippen LogP contribution in [0.1, 0.15) is 36.8 Å². The first-order valence-corrected chi connectivity index (χ1v) is 9.95. The minimum atomic E-state index is -0.894. The lowest BCUT2D eigenvalue weighted by molar-refractivity contribution is -0.117. The van der Waals surface area contributed by atoms with Crippen molar-refractivity contribution < 1.29 is 13.6 Å². The molecular formula is C24H22ClF2N3O. The van der Waals surface area contributed by atoms with E-state index in [0.717, 1.165) is 46.6 Å². The molecule has 1 saturated carbocycles. The number of nitrogens with two attached hydrogens (primary N) is 1. The summed E-state index contributed by atoms with van der Waals surface area (Å²) in [6, 6.07) is 15.5. The number of hydrogen-bond donors (Lipinski definition) is 3. The molecule has 4 nitrogen and oxygen atoms in total. The van der Waals surface area contributed by atoms with Gasteiger partial charge in [0, 0.05) is 39.1 Å². The van der Waals surface area contributed by atoms with E-state index in [2.05, 4.69) is 10.3 Å². The smallest absolute Gasteiger partial charge is 0.231 e. The van der Waals surface area contributed by atoms with E-state index in [0.29, 0.717) is 10.9 Å². The van der Waals surface area contributed by atoms with Gasteiger partial charge in [-0.25, -0.2) is 8.78 Å². The number of aromatic nitrogens is 1. The van der Waals surface area contributed by atoms with Gasteiger partial charge in [0.15, 0.2) is 11.6 Å². The highest BCUT2D eigenvalue weighted by Gasteiger charge is 2.40. The zero-order valence-electron chi connectivity index (χ0n) is 16.8. The predicted octanol–water partition coefficient (Wildman–Crippen LogP) is 5.71. The molecular weight excluding hydrogens is 420 g/mol. The summed E-state index contributed by atoms with van der Waals surface area (Å²) in [4.78, 5) is 15.9. The minimum absolute atomic E-state index is 0. The Morgan fingerprint density at radius 2 is 1.74 bits per heavy atom. The first-order chi connectivity index (χ1) is 14.3. The van der Waals surface area contributed by atoms with Crippen LogP contribution in [-0.4, -0.2) is 10.9 Å². The molecule has 31 heavy (non-hydrogen) atoms. The predicted molar refractivity (Wildman–Crippen MR) is 122 cm³/mol. The largest absolute Gasteiger partial charge is 0.354 e. The second kappa shape index (κ2) is 7.62. The first kappa shape index (κ1) is 21.3. The molecule has 1 unspecified atom stereocenters. The van der Waals surface area contributed by atoms with Crippen LogP contribution in [0.3, 0.4) is 0 Å². The number of carbonyl (C=O) groups is 1. The molecule has 0 saturated heterocycles. The van der Waals surface area contributed by atoms with E-state index in [9.17, 15) is 13.6 Å². The normalized spacial score (nSPS) is 15.5. The lowest BCUT2D eigenvalue weighted by Crippen LogP contribution is -2.21. The van der Waals surface area contributed by atoms with E-state index >= 15 is 0 Å². The number of nitrogens with one attached hydrogen (secondary N) is 2. The number of benzene rings is 3. The molecule has 1 atom stereocenters. The lowest BCUT2D eigenvalue weighted by Gasteiger charge is -2.15. The number of aromatic amines is 1. The van der Waals surface area contributed by atoms with Gasteiger partial charge in [-0.3, -0.25) is 4.79 Å². The highest BCUT2D eigenvalue weighted by molar-refractivity contribution is 6.07. The molecule has 1 amide bonds. The molecule has 0 radical (unpaired) electrons. The summed E-state index contributed by atoms with van der Waals surface area (Å²) in [6.07, 6.45) is 1.91. The fourth-order valence-corrected chi connectivity index (χ4v) is 3.92. The molecule has 1 aromatic heterocycles. The molecule has 160 valence electrons. The van der Waals surface area contributed by atoms with Crippen molar-refractivity contribution in [1.29, 1.82) is 0 Å². The summed E-state index contributed by atoms with van der Waals surface area (Å²) in [7, 11) is 0. The lowest BCUT2D eigenvalue weighted by atomic mass is 9.98. The zero-order chi connectivity index (χ0) is 21.0. The van der Waals surface area contributed by atoms with Gasteiger partial charge in [0.05, 0.1) is 5.92 Å². The number of carbonyl (C=O) groups excluding carboxylic acids is 1. The van der Waals surface area contributed by atoms with Crippen molar-refractivity contribution in [3.05, 3.63) is 77.4 Å². The monoisotopic (exact) mass is 441 g/mol. The maximum atomic E-state index is 13.6. The van der Waals surface area contributed by atoms with E-state index < -0.39 is 17.6 Å². The van der Waals surface area contributed by atoms with Crippen molar-refractivity contribution >= 4 is 45.8 Å². The number of hydrogen-bond acceptors (Lipinski definition) is 2. The van der Waals surface area contributed by atoms with Crippen molar-refractivity contribution in [2.45, 2.75) is 31.2 Å². The number of amides is 1. The Morgan fingerprint density at radius 3 is 2.48 bits per heavy atom. The molecule has 0 bridgehead atoms. The Bertz CT molecular complexity index is 1310. The fraction of sp³-hybridized carbons (Fsp3) is 0.208. The number of rotatable bonds is 4. The van der Waals surface area contributed by atoms with E-state index in [1.54, 1.807) is 0 Å². The van der Waals surface area contributed by atoms with Gasteiger partial charge in [-0.15, -0.1) is 12.4 Å². The number of fused-ring (bicyclic) bond motifs is 3. The quantitative estimate of drug-likeness (QED) is 0.379. The summed E-state index contributed by atoms with van der Waals surface area (Å²) < 4.78 is 27.2. The van der Waals surface area contributed by atoms with Crippen molar-refractivity contribution in [2.24, 2.45) is 5.73 Å². The number of anilines is 1. The fourth-order valence-electron chi connectivity index (χ4n) is 3.92. The van der Waals surface area contributed by atoms with E-state index in [1.807, 2.05) is 49.4 Å². The zero-order valence-corrected chi connectivity index (χ0v) is 17.7. The SMILES string of the molecule is CC(C(=O)Nc1cccc(C2(N)CC2)c1)c1ccc2c(c1)[nH]c1cc(F)c(F)cc12.Cl. The molecule has 3 aromatic carbocycles. The second-order valence-corrected chi connectivity index (χ2v) is 8.19. The molecule has 7 heteroatoms. The Kier molecular flexibility index (Phi) is 5.23. The van der Waals surface area contributed by atoms with E-state index in [1.165, 1.54) is 6.07 Å². The molecule has 1 fully saturated rings. The Morgan fingerprint density at radius 1 is 1.03 bits per heavy atom. The van der Waals surface area contributed by atoms with E-state index in [-0.39, 0.29) is 23.9 Å². The van der Waals surface area contributed by atoms with Crippen molar-refractivity contribution in [3.8, 4) is 0 Å². The van der Waals surface area contributed by atoms with Crippen molar-refractivity contribution in [2.75, 3.05) is 5.32 Å². The third-order valence-electron chi connectivity index (χ3n) is 6.05. The first-order valence-electron chi connectivity index (χ1n) is 9.95. The van der Waals surface area contributed by atoms with Gasteiger partial charge in [-0.05, 0) is 55.2 Å². The Labute approximate surface area is 184 Å². The minimum Gasteiger partial charge on any atom is -0.354 e. The third kappa shape index (κ3) is 3.77. The van der Waals surface area contributed by atoms with Gasteiger partial charge in [0.2, 0.25) is 5.91 Å². The van der Waals surface area contributed by atoms with Gasteiger partial charge in [0.1, 0.15) is 0 Å². The van der Waals surface area contributed by atoms with Gasteiger partial charge >= 0.3 is 0 Å². The van der Waals surface area contributed by atoms with Gasteiger partial charge in [-0.1, -0.05) is 24.3 Å².